The zero-order valence-corrected chi connectivity index (χ0v) is 13.4. The summed E-state index contributed by atoms with van der Waals surface area (Å²) in [6, 6.07) is 4.60. The molecule has 1 aromatic rings. The van der Waals surface area contributed by atoms with E-state index in [1.807, 2.05) is 0 Å². The number of carboxylic acids is 1. The zero-order chi connectivity index (χ0) is 18.5. The summed E-state index contributed by atoms with van der Waals surface area (Å²) in [6.45, 7) is 3.29. The number of carbonyl (C=O) groups excluding carboxylic acids is 1. The number of esters is 1. The van der Waals surface area contributed by atoms with Crippen molar-refractivity contribution < 1.29 is 32.6 Å². The number of ether oxygens (including phenoxy) is 1. The summed E-state index contributed by atoms with van der Waals surface area (Å²) in [7, 11) is 0. The van der Waals surface area contributed by atoms with Crippen LogP contribution in [0.3, 0.4) is 0 Å². The molecule has 0 saturated heterocycles. The minimum absolute atomic E-state index is 0.118. The Balaban J connectivity index is 1.79. The molecule has 2 fully saturated rings. The number of carbonyl (C=O) groups is 2. The molecular weight excluding hydrogens is 337 g/mol. The predicted molar refractivity (Wildman–Crippen MR) is 81.5 cm³/mol. The van der Waals surface area contributed by atoms with Crippen LogP contribution in [0.15, 0.2) is 36.4 Å². The first-order valence-electron chi connectivity index (χ1n) is 7.86. The van der Waals surface area contributed by atoms with Gasteiger partial charge in [-0.1, -0.05) is 18.7 Å². The molecule has 0 amide bonds. The van der Waals surface area contributed by atoms with Crippen LogP contribution in [0.1, 0.15) is 43.2 Å². The summed E-state index contributed by atoms with van der Waals surface area (Å²) in [5.41, 5.74) is -1.40. The lowest BCUT2D eigenvalue weighted by atomic mass is 9.64. The Morgan fingerprint density at radius 2 is 1.72 bits per heavy atom. The molecule has 0 aromatic heterocycles. The molecule has 2 aliphatic rings. The van der Waals surface area contributed by atoms with Gasteiger partial charge < -0.3 is 9.84 Å². The molecule has 0 aliphatic heterocycles. The van der Waals surface area contributed by atoms with Gasteiger partial charge in [-0.25, -0.2) is 4.79 Å². The highest BCUT2D eigenvalue weighted by Crippen LogP contribution is 2.69. The largest absolute Gasteiger partial charge is 0.478 e. The summed E-state index contributed by atoms with van der Waals surface area (Å²) in [5, 5.41) is 8.80. The first-order valence-corrected chi connectivity index (χ1v) is 7.86. The van der Waals surface area contributed by atoms with E-state index >= 15 is 0 Å². The Kier molecular flexibility index (Phi) is 3.93. The molecule has 0 heterocycles. The highest BCUT2D eigenvalue weighted by molar-refractivity contribution is 5.92. The van der Waals surface area contributed by atoms with Gasteiger partial charge in [0.15, 0.2) is 0 Å². The fraction of sp³-hybridized carbons (Fsp3) is 0.444. The van der Waals surface area contributed by atoms with Crippen molar-refractivity contribution in [2.75, 3.05) is 0 Å². The van der Waals surface area contributed by atoms with Crippen molar-refractivity contribution in [2.24, 2.45) is 5.41 Å². The average molecular weight is 354 g/mol. The van der Waals surface area contributed by atoms with Crippen molar-refractivity contribution in [3.05, 3.63) is 47.5 Å². The van der Waals surface area contributed by atoms with Gasteiger partial charge in [-0.15, -0.1) is 0 Å². The van der Waals surface area contributed by atoms with E-state index in [9.17, 15) is 22.8 Å². The quantitative estimate of drug-likeness (QED) is 0.640. The summed E-state index contributed by atoms with van der Waals surface area (Å²) in [6.07, 6.45) is -1.76. The Hall–Kier alpha value is -2.31. The average Bonchev–Trinajstić information content (AvgIpc) is 3.25. The van der Waals surface area contributed by atoms with Gasteiger partial charge in [0.05, 0.1) is 12.0 Å². The third-order valence-corrected chi connectivity index (χ3v) is 4.99. The second-order valence-electron chi connectivity index (χ2n) is 6.98. The van der Waals surface area contributed by atoms with Crippen molar-refractivity contribution in [3.8, 4) is 0 Å². The Morgan fingerprint density at radius 3 is 2.16 bits per heavy atom. The van der Waals surface area contributed by atoms with E-state index in [-0.39, 0.29) is 11.0 Å². The van der Waals surface area contributed by atoms with Crippen molar-refractivity contribution >= 4 is 11.9 Å². The van der Waals surface area contributed by atoms with E-state index in [0.717, 1.165) is 25.0 Å². The minimum atomic E-state index is -4.43. The van der Waals surface area contributed by atoms with Gasteiger partial charge in [0.1, 0.15) is 5.60 Å². The van der Waals surface area contributed by atoms with Crippen LogP contribution in [0.5, 0.6) is 0 Å². The summed E-state index contributed by atoms with van der Waals surface area (Å²) < 4.78 is 43.7. The molecule has 3 rings (SSSR count). The number of rotatable bonds is 5. The van der Waals surface area contributed by atoms with Gasteiger partial charge in [0.2, 0.25) is 0 Å². The number of hydrogen-bond donors (Lipinski definition) is 1. The number of hydrogen-bond acceptors (Lipinski definition) is 3. The number of aliphatic carboxylic acids is 1. The third kappa shape index (κ3) is 3.41. The molecule has 0 radical (unpaired) electrons. The molecule has 2 saturated carbocycles. The molecule has 4 nitrogen and oxygen atoms in total. The highest BCUT2D eigenvalue weighted by Gasteiger charge is 2.63. The van der Waals surface area contributed by atoms with Crippen molar-refractivity contribution in [1.29, 1.82) is 0 Å². The molecule has 1 spiro atoms. The van der Waals surface area contributed by atoms with Crippen LogP contribution in [-0.4, -0.2) is 17.0 Å². The van der Waals surface area contributed by atoms with E-state index in [1.165, 1.54) is 12.1 Å². The lowest BCUT2D eigenvalue weighted by Gasteiger charge is -2.48. The standard InChI is InChI=1S/C18H17F3O4/c1-11(15(23)24)8-14(22)25-17(9-16(10-17)6-7-16)12-2-4-13(5-3-12)18(19,20)21/h2-5H,1,6-10H2,(H,23,24). The van der Waals surface area contributed by atoms with E-state index in [0.29, 0.717) is 18.4 Å². The minimum Gasteiger partial charge on any atom is -0.478 e. The third-order valence-electron chi connectivity index (χ3n) is 4.99. The van der Waals surface area contributed by atoms with E-state index in [2.05, 4.69) is 6.58 Å². The van der Waals surface area contributed by atoms with Gasteiger partial charge in [-0.3, -0.25) is 4.79 Å². The number of benzene rings is 1. The monoisotopic (exact) mass is 354 g/mol. The first kappa shape index (κ1) is 17.5. The first-order chi connectivity index (χ1) is 11.6. The smallest absolute Gasteiger partial charge is 0.416 e. The fourth-order valence-corrected chi connectivity index (χ4v) is 3.49. The van der Waals surface area contributed by atoms with Crippen LogP contribution in [0.25, 0.3) is 0 Å². The fourth-order valence-electron chi connectivity index (χ4n) is 3.49. The summed E-state index contributed by atoms with van der Waals surface area (Å²) >= 11 is 0. The molecule has 0 unspecified atom stereocenters. The molecule has 1 N–H and O–H groups in total. The zero-order valence-electron chi connectivity index (χ0n) is 13.4. The van der Waals surface area contributed by atoms with Gasteiger partial charge in [-0.2, -0.15) is 13.2 Å². The molecule has 1 aromatic carbocycles. The number of alkyl halides is 3. The lowest BCUT2D eigenvalue weighted by Crippen LogP contribution is -2.46. The predicted octanol–water partition coefficient (Wildman–Crippen LogP) is 4.05. The van der Waals surface area contributed by atoms with E-state index in [1.54, 1.807) is 0 Å². The maximum Gasteiger partial charge on any atom is 0.416 e. The second-order valence-corrected chi connectivity index (χ2v) is 6.98. The SMILES string of the molecule is C=C(CC(=O)OC1(c2ccc(C(F)(F)F)cc2)CC2(CC2)C1)C(=O)O. The Morgan fingerprint density at radius 1 is 1.16 bits per heavy atom. The van der Waals surface area contributed by atoms with Gasteiger partial charge in [-0.05, 0) is 48.8 Å². The Labute approximate surface area is 142 Å². The van der Waals surface area contributed by atoms with Gasteiger partial charge >= 0.3 is 18.1 Å². The number of carboxylic acid groups (broad SMARTS) is 1. The van der Waals surface area contributed by atoms with Crippen LogP contribution >= 0.6 is 0 Å². The maximum atomic E-state index is 12.7. The number of halogens is 3. The summed E-state index contributed by atoms with van der Waals surface area (Å²) in [4.78, 5) is 22.9. The normalized spacial score (nSPS) is 19.8. The molecule has 7 heteroatoms. The molecule has 2 aliphatic carbocycles. The molecule has 0 bridgehead atoms. The van der Waals surface area contributed by atoms with Crippen LogP contribution in [0, 0.1) is 5.41 Å². The summed E-state index contributed by atoms with van der Waals surface area (Å²) in [5.74, 6) is -2.02. The van der Waals surface area contributed by atoms with Crippen LogP contribution in [0.2, 0.25) is 0 Å². The highest BCUT2D eigenvalue weighted by atomic mass is 19.4. The van der Waals surface area contributed by atoms with Gasteiger partial charge in [0.25, 0.3) is 0 Å². The van der Waals surface area contributed by atoms with Crippen LogP contribution < -0.4 is 0 Å². The maximum absolute atomic E-state index is 12.7. The molecule has 25 heavy (non-hydrogen) atoms. The van der Waals surface area contributed by atoms with Gasteiger partial charge in [0, 0.05) is 5.57 Å². The molecule has 0 atom stereocenters. The molecule has 134 valence electrons. The van der Waals surface area contributed by atoms with E-state index < -0.39 is 35.7 Å². The van der Waals surface area contributed by atoms with Crippen molar-refractivity contribution in [2.45, 2.75) is 43.9 Å². The molecular formula is C18H17F3O4. The lowest BCUT2D eigenvalue weighted by molar-refractivity contribution is -0.182. The van der Waals surface area contributed by atoms with Crippen LogP contribution in [0.4, 0.5) is 13.2 Å². The van der Waals surface area contributed by atoms with Crippen LogP contribution in [-0.2, 0) is 26.1 Å². The topological polar surface area (TPSA) is 63.6 Å². The van der Waals surface area contributed by atoms with Crippen molar-refractivity contribution in [1.82, 2.24) is 0 Å². The van der Waals surface area contributed by atoms with E-state index in [4.69, 9.17) is 9.84 Å². The Bertz CT molecular complexity index is 722. The van der Waals surface area contributed by atoms with Crippen molar-refractivity contribution in [3.63, 3.8) is 0 Å². The second kappa shape index (κ2) is 5.61.